The molecular formula is C23H21N3O7S. The van der Waals surface area contributed by atoms with Crippen LogP contribution >= 0.6 is 0 Å². The number of hydrogen-bond donors (Lipinski definition) is 2. The maximum Gasteiger partial charge on any atom is 0.328 e. The SMILES string of the molecule is COC(=O)C(Cc1ccc([N+](=O)[O-])cc1)NC(=O)Nc1ccccc1S(=O)(=O)c1ccccc1. The van der Waals surface area contributed by atoms with Gasteiger partial charge in [0, 0.05) is 18.6 Å². The van der Waals surface area contributed by atoms with Gasteiger partial charge in [0.05, 0.1) is 27.5 Å². The number of esters is 1. The van der Waals surface area contributed by atoms with Gasteiger partial charge in [0.25, 0.3) is 5.69 Å². The Morgan fingerprint density at radius 2 is 1.59 bits per heavy atom. The minimum Gasteiger partial charge on any atom is -0.467 e. The van der Waals surface area contributed by atoms with Crippen molar-refractivity contribution in [3.05, 3.63) is 94.5 Å². The smallest absolute Gasteiger partial charge is 0.328 e. The summed E-state index contributed by atoms with van der Waals surface area (Å²) in [7, 11) is -2.75. The second-order valence-electron chi connectivity index (χ2n) is 7.11. The molecule has 0 aromatic heterocycles. The lowest BCUT2D eigenvalue weighted by Crippen LogP contribution is -2.45. The number of carbonyl (C=O) groups is 2. The molecule has 2 N–H and O–H groups in total. The number of nitro groups is 1. The van der Waals surface area contributed by atoms with Crippen molar-refractivity contribution in [1.29, 1.82) is 0 Å². The van der Waals surface area contributed by atoms with Gasteiger partial charge in [-0.05, 0) is 29.8 Å². The van der Waals surface area contributed by atoms with Gasteiger partial charge in [-0.3, -0.25) is 10.1 Å². The van der Waals surface area contributed by atoms with Gasteiger partial charge in [-0.1, -0.05) is 42.5 Å². The molecule has 0 fully saturated rings. The number of nitrogens with zero attached hydrogens (tertiary/aromatic N) is 1. The fourth-order valence-corrected chi connectivity index (χ4v) is 4.61. The third-order valence-corrected chi connectivity index (χ3v) is 6.68. The summed E-state index contributed by atoms with van der Waals surface area (Å²) in [6.07, 6.45) is 0.00203. The molecule has 0 aliphatic rings. The summed E-state index contributed by atoms with van der Waals surface area (Å²) in [6, 6.07) is 17.2. The van der Waals surface area contributed by atoms with Crippen LogP contribution in [0.5, 0.6) is 0 Å². The molecule has 0 aliphatic heterocycles. The molecule has 1 atom stereocenters. The second kappa shape index (κ2) is 10.6. The van der Waals surface area contributed by atoms with E-state index in [2.05, 4.69) is 10.6 Å². The van der Waals surface area contributed by atoms with Crippen molar-refractivity contribution in [3.8, 4) is 0 Å². The number of hydrogen-bond acceptors (Lipinski definition) is 7. The minimum atomic E-state index is -3.91. The number of sulfone groups is 1. The third kappa shape index (κ3) is 5.75. The number of para-hydroxylation sites is 1. The molecule has 34 heavy (non-hydrogen) atoms. The summed E-state index contributed by atoms with van der Waals surface area (Å²) in [5.41, 5.74) is 0.469. The summed E-state index contributed by atoms with van der Waals surface area (Å²) < 4.78 is 30.8. The molecule has 0 aliphatic carbocycles. The van der Waals surface area contributed by atoms with E-state index in [4.69, 9.17) is 4.74 Å². The van der Waals surface area contributed by atoms with E-state index in [-0.39, 0.29) is 27.6 Å². The van der Waals surface area contributed by atoms with Crippen LogP contribution in [0.3, 0.4) is 0 Å². The normalized spacial score (nSPS) is 11.8. The number of amides is 2. The van der Waals surface area contributed by atoms with Gasteiger partial charge in [0.1, 0.15) is 6.04 Å². The van der Waals surface area contributed by atoms with Crippen molar-refractivity contribution in [1.82, 2.24) is 5.32 Å². The van der Waals surface area contributed by atoms with E-state index in [9.17, 15) is 28.1 Å². The van der Waals surface area contributed by atoms with Crippen LogP contribution in [-0.2, 0) is 25.8 Å². The molecule has 10 nitrogen and oxygen atoms in total. The van der Waals surface area contributed by atoms with Crippen molar-refractivity contribution < 1.29 is 27.7 Å². The Morgan fingerprint density at radius 1 is 0.971 bits per heavy atom. The van der Waals surface area contributed by atoms with Crippen LogP contribution in [0.2, 0.25) is 0 Å². The molecule has 176 valence electrons. The van der Waals surface area contributed by atoms with Gasteiger partial charge < -0.3 is 15.4 Å². The first-order valence-corrected chi connectivity index (χ1v) is 11.5. The van der Waals surface area contributed by atoms with Crippen LogP contribution in [0.4, 0.5) is 16.2 Å². The summed E-state index contributed by atoms with van der Waals surface area (Å²) in [5.74, 6) is -0.737. The van der Waals surface area contributed by atoms with Crippen LogP contribution in [-0.4, -0.2) is 38.5 Å². The Hall–Kier alpha value is -4.25. The monoisotopic (exact) mass is 483 g/mol. The topological polar surface area (TPSA) is 145 Å². The molecule has 0 heterocycles. The molecule has 0 bridgehead atoms. The zero-order valence-corrected chi connectivity index (χ0v) is 18.8. The molecule has 11 heteroatoms. The number of anilines is 1. The van der Waals surface area contributed by atoms with Crippen LogP contribution in [0.15, 0.2) is 88.7 Å². The fourth-order valence-electron chi connectivity index (χ4n) is 3.17. The number of rotatable bonds is 8. The Bertz CT molecular complexity index is 1290. The summed E-state index contributed by atoms with van der Waals surface area (Å²) in [6.45, 7) is 0. The average molecular weight is 484 g/mol. The first-order valence-electron chi connectivity index (χ1n) is 10.00. The average Bonchev–Trinajstić information content (AvgIpc) is 2.84. The van der Waals surface area contributed by atoms with E-state index in [1.807, 2.05) is 0 Å². The predicted molar refractivity (Wildman–Crippen MR) is 123 cm³/mol. The highest BCUT2D eigenvalue weighted by atomic mass is 32.2. The number of methoxy groups -OCH3 is 1. The molecule has 1 unspecified atom stereocenters. The van der Waals surface area contributed by atoms with Crippen molar-refractivity contribution in [2.75, 3.05) is 12.4 Å². The molecule has 3 aromatic rings. The van der Waals surface area contributed by atoms with Gasteiger partial charge in [-0.15, -0.1) is 0 Å². The van der Waals surface area contributed by atoms with E-state index < -0.39 is 32.8 Å². The van der Waals surface area contributed by atoms with Crippen molar-refractivity contribution >= 4 is 33.2 Å². The predicted octanol–water partition coefficient (Wildman–Crippen LogP) is 3.33. The zero-order chi connectivity index (χ0) is 24.7. The second-order valence-corrected chi connectivity index (χ2v) is 9.03. The van der Waals surface area contributed by atoms with E-state index in [0.717, 1.165) is 7.11 Å². The lowest BCUT2D eigenvalue weighted by Gasteiger charge is -2.18. The maximum atomic E-state index is 13.0. The number of benzene rings is 3. The van der Waals surface area contributed by atoms with Gasteiger partial charge in [-0.2, -0.15) is 0 Å². The minimum absolute atomic E-state index is 0.00203. The molecule has 2 amide bonds. The number of nitrogens with one attached hydrogen (secondary N) is 2. The Morgan fingerprint density at radius 3 is 2.21 bits per heavy atom. The number of carbonyl (C=O) groups excluding carboxylic acids is 2. The molecule has 3 aromatic carbocycles. The van der Waals surface area contributed by atoms with E-state index in [1.165, 1.54) is 54.6 Å². The Labute approximate surface area is 195 Å². The standard InChI is InChI=1S/C23H21N3O7S/c1-33-22(27)20(15-16-11-13-17(14-12-16)26(29)30)25-23(28)24-19-9-5-6-10-21(19)34(31,32)18-7-3-2-4-8-18/h2-14,20H,15H2,1H3,(H2,24,25,28). The third-order valence-electron chi connectivity index (χ3n) is 4.86. The van der Waals surface area contributed by atoms with Gasteiger partial charge in [0.15, 0.2) is 0 Å². The quantitative estimate of drug-likeness (QED) is 0.284. The molecule has 0 saturated heterocycles. The lowest BCUT2D eigenvalue weighted by molar-refractivity contribution is -0.384. The van der Waals surface area contributed by atoms with Gasteiger partial charge in [-0.25, -0.2) is 18.0 Å². The fraction of sp³-hybridized carbons (Fsp3) is 0.130. The van der Waals surface area contributed by atoms with Gasteiger partial charge >= 0.3 is 12.0 Å². The Kier molecular flexibility index (Phi) is 7.59. The first kappa shape index (κ1) is 24.4. The highest BCUT2D eigenvalue weighted by molar-refractivity contribution is 7.91. The first-order chi connectivity index (χ1) is 16.2. The van der Waals surface area contributed by atoms with Gasteiger partial charge in [0.2, 0.25) is 9.84 Å². The maximum absolute atomic E-state index is 13.0. The number of urea groups is 1. The largest absolute Gasteiger partial charge is 0.467 e. The summed E-state index contributed by atoms with van der Waals surface area (Å²) in [4.78, 5) is 35.1. The summed E-state index contributed by atoms with van der Waals surface area (Å²) in [5, 5.41) is 15.8. The number of ether oxygens (including phenoxy) is 1. The lowest BCUT2D eigenvalue weighted by atomic mass is 10.1. The molecule has 0 spiro atoms. The van der Waals surface area contributed by atoms with Crippen molar-refractivity contribution in [3.63, 3.8) is 0 Å². The zero-order valence-electron chi connectivity index (χ0n) is 18.0. The van der Waals surface area contributed by atoms with E-state index in [0.29, 0.717) is 5.56 Å². The molecule has 0 saturated carbocycles. The van der Waals surface area contributed by atoms with Crippen LogP contribution < -0.4 is 10.6 Å². The van der Waals surface area contributed by atoms with Crippen LogP contribution in [0.1, 0.15) is 5.56 Å². The summed E-state index contributed by atoms with van der Waals surface area (Å²) >= 11 is 0. The number of non-ortho nitro benzene ring substituents is 1. The van der Waals surface area contributed by atoms with E-state index >= 15 is 0 Å². The van der Waals surface area contributed by atoms with Crippen molar-refractivity contribution in [2.24, 2.45) is 0 Å². The van der Waals surface area contributed by atoms with Crippen LogP contribution in [0.25, 0.3) is 0 Å². The molecular weight excluding hydrogens is 462 g/mol. The van der Waals surface area contributed by atoms with Crippen LogP contribution in [0, 0.1) is 10.1 Å². The highest BCUT2D eigenvalue weighted by Crippen LogP contribution is 2.27. The van der Waals surface area contributed by atoms with Crippen molar-refractivity contribution in [2.45, 2.75) is 22.3 Å². The number of nitro benzene ring substituents is 1. The molecule has 0 radical (unpaired) electrons. The van der Waals surface area contributed by atoms with E-state index in [1.54, 1.807) is 24.3 Å². The Balaban J connectivity index is 1.79. The highest BCUT2D eigenvalue weighted by Gasteiger charge is 2.25. The molecule has 3 rings (SSSR count).